The van der Waals surface area contributed by atoms with E-state index < -0.39 is 34.9 Å². The summed E-state index contributed by atoms with van der Waals surface area (Å²) in [5.74, 6) is -3.39. The molecule has 1 saturated heterocycles. The highest BCUT2D eigenvalue weighted by atomic mass is 19.4. The van der Waals surface area contributed by atoms with Gasteiger partial charge in [-0.1, -0.05) is 13.0 Å². The molecule has 0 saturated carbocycles. The third kappa shape index (κ3) is 6.44. The van der Waals surface area contributed by atoms with Crippen LogP contribution in [0.3, 0.4) is 0 Å². The van der Waals surface area contributed by atoms with Gasteiger partial charge in [0.25, 0.3) is 5.76 Å². The molecule has 0 radical (unpaired) electrons. The molecule has 0 unspecified atom stereocenters. The molecule has 1 aliphatic rings. The van der Waals surface area contributed by atoms with Crippen molar-refractivity contribution in [1.82, 2.24) is 4.90 Å². The van der Waals surface area contributed by atoms with Gasteiger partial charge < -0.3 is 13.9 Å². The lowest BCUT2D eigenvalue weighted by atomic mass is 9.98. The topological polar surface area (TPSA) is 69.0 Å². The van der Waals surface area contributed by atoms with Gasteiger partial charge >= 0.3 is 12.1 Å². The number of nitrogens with zero attached hydrogens (tertiary/aromatic N) is 1. The molecule has 0 aliphatic carbocycles. The summed E-state index contributed by atoms with van der Waals surface area (Å²) >= 11 is 0. The first kappa shape index (κ1) is 30.3. The SMILES string of the molecule is Cc1cc(C)c(C)c(Oc2c(C(F)(F)F)oc3c(CN4CCC(C)CC4)c(OC(=O)c4ccc(F)cc4)ccc3c2=O)c1. The van der Waals surface area contributed by atoms with Gasteiger partial charge in [-0.05, 0) is 112 Å². The molecule has 0 amide bonds. The third-order valence-corrected chi connectivity index (χ3v) is 7.85. The van der Waals surface area contributed by atoms with Gasteiger partial charge in [0.2, 0.25) is 11.2 Å². The van der Waals surface area contributed by atoms with Crippen LogP contribution in [0, 0.1) is 32.5 Å². The van der Waals surface area contributed by atoms with Crippen LogP contribution >= 0.6 is 0 Å². The maximum atomic E-state index is 14.5. The minimum Gasteiger partial charge on any atom is -0.449 e. The summed E-state index contributed by atoms with van der Waals surface area (Å²) in [5.41, 5.74) is 0.953. The molecule has 0 N–H and O–H groups in total. The van der Waals surface area contributed by atoms with Gasteiger partial charge in [0.1, 0.15) is 22.9 Å². The zero-order valence-electron chi connectivity index (χ0n) is 24.2. The van der Waals surface area contributed by atoms with Crippen molar-refractivity contribution in [3.63, 3.8) is 0 Å². The zero-order chi connectivity index (χ0) is 31.1. The monoisotopic (exact) mass is 597 g/mol. The average Bonchev–Trinajstić information content (AvgIpc) is 2.94. The van der Waals surface area contributed by atoms with Crippen molar-refractivity contribution in [2.75, 3.05) is 13.1 Å². The number of esters is 1. The number of carbonyl (C=O) groups excluding carboxylic acids is 1. The van der Waals surface area contributed by atoms with Crippen molar-refractivity contribution in [3.8, 4) is 17.2 Å². The van der Waals surface area contributed by atoms with Crippen LogP contribution in [0.2, 0.25) is 0 Å². The van der Waals surface area contributed by atoms with Crippen LogP contribution in [0.5, 0.6) is 17.2 Å². The van der Waals surface area contributed by atoms with Crippen molar-refractivity contribution in [1.29, 1.82) is 0 Å². The Hall–Kier alpha value is -4.18. The lowest BCUT2D eigenvalue weighted by Gasteiger charge is -2.30. The highest BCUT2D eigenvalue weighted by molar-refractivity contribution is 5.92. The van der Waals surface area contributed by atoms with E-state index in [1.54, 1.807) is 26.8 Å². The largest absolute Gasteiger partial charge is 0.453 e. The van der Waals surface area contributed by atoms with Crippen LogP contribution < -0.4 is 14.9 Å². The number of alkyl halides is 3. The summed E-state index contributed by atoms with van der Waals surface area (Å²) in [7, 11) is 0. The van der Waals surface area contributed by atoms with E-state index in [0.717, 1.165) is 36.1 Å². The van der Waals surface area contributed by atoms with Crippen molar-refractivity contribution in [3.05, 3.63) is 98.1 Å². The van der Waals surface area contributed by atoms with Crippen LogP contribution in [0.25, 0.3) is 11.0 Å². The molecule has 226 valence electrons. The number of aryl methyl sites for hydroxylation is 2. The minimum absolute atomic E-state index is 0.0456. The molecule has 1 aromatic heterocycles. The second kappa shape index (κ2) is 11.8. The van der Waals surface area contributed by atoms with Gasteiger partial charge in [-0.25, -0.2) is 9.18 Å². The molecule has 5 rings (SSSR count). The van der Waals surface area contributed by atoms with Crippen LogP contribution in [0.15, 0.2) is 57.7 Å². The van der Waals surface area contributed by atoms with E-state index in [0.29, 0.717) is 24.6 Å². The Balaban J connectivity index is 1.67. The predicted molar refractivity (Wildman–Crippen MR) is 153 cm³/mol. The first-order valence-electron chi connectivity index (χ1n) is 14.0. The second-order valence-corrected chi connectivity index (χ2v) is 11.2. The summed E-state index contributed by atoms with van der Waals surface area (Å²) in [6.07, 6.45) is -3.32. The van der Waals surface area contributed by atoms with E-state index in [-0.39, 0.29) is 40.1 Å². The maximum absolute atomic E-state index is 14.5. The van der Waals surface area contributed by atoms with Crippen molar-refractivity contribution >= 4 is 16.9 Å². The second-order valence-electron chi connectivity index (χ2n) is 11.2. The minimum atomic E-state index is -5.08. The van der Waals surface area contributed by atoms with Gasteiger partial charge in [-0.15, -0.1) is 0 Å². The number of halogens is 4. The molecule has 0 bridgehead atoms. The Kier molecular flexibility index (Phi) is 8.34. The summed E-state index contributed by atoms with van der Waals surface area (Å²) in [4.78, 5) is 28.7. The standard InChI is InChI=1S/C33H31F4NO5/c1-18-11-13-38(14-12-18)17-25-26(42-32(40)22-5-7-23(34)8-6-22)10-9-24-28(39)30(31(33(35,36)37)43-29(24)25)41-27-16-19(2)15-20(3)21(27)4/h5-10,15-16,18H,11-14,17H2,1-4H3. The number of fused-ring (bicyclic) bond motifs is 1. The molecule has 0 atom stereocenters. The van der Waals surface area contributed by atoms with Gasteiger partial charge in [0.15, 0.2) is 0 Å². The highest BCUT2D eigenvalue weighted by Gasteiger charge is 2.41. The van der Waals surface area contributed by atoms with Crippen molar-refractivity contribution in [2.24, 2.45) is 5.92 Å². The molecule has 1 fully saturated rings. The Labute approximate surface area is 245 Å². The first-order valence-corrected chi connectivity index (χ1v) is 14.0. The fourth-order valence-electron chi connectivity index (χ4n) is 5.21. The Morgan fingerprint density at radius 2 is 1.67 bits per heavy atom. The summed E-state index contributed by atoms with van der Waals surface area (Å²) in [5, 5.41) is -0.146. The lowest BCUT2D eigenvalue weighted by Crippen LogP contribution is -2.32. The quantitative estimate of drug-likeness (QED) is 0.127. The van der Waals surface area contributed by atoms with Crippen LogP contribution in [0.4, 0.5) is 17.6 Å². The predicted octanol–water partition coefficient (Wildman–Crippen LogP) is 8.12. The number of rotatable bonds is 6. The normalized spacial score (nSPS) is 14.7. The maximum Gasteiger partial charge on any atom is 0.453 e. The van der Waals surface area contributed by atoms with Crippen LogP contribution in [-0.2, 0) is 12.7 Å². The van der Waals surface area contributed by atoms with Gasteiger partial charge in [0.05, 0.1) is 16.5 Å². The van der Waals surface area contributed by atoms with E-state index >= 15 is 0 Å². The number of piperidine rings is 1. The molecule has 10 heteroatoms. The molecule has 1 aliphatic heterocycles. The van der Waals surface area contributed by atoms with Crippen molar-refractivity contribution in [2.45, 2.75) is 53.3 Å². The lowest BCUT2D eigenvalue weighted by molar-refractivity contribution is -0.154. The molecule has 4 aromatic rings. The zero-order valence-corrected chi connectivity index (χ0v) is 24.2. The molecular weight excluding hydrogens is 566 g/mol. The van der Waals surface area contributed by atoms with Gasteiger partial charge in [0, 0.05) is 6.54 Å². The highest BCUT2D eigenvalue weighted by Crippen LogP contribution is 2.41. The van der Waals surface area contributed by atoms with Crippen LogP contribution in [0.1, 0.15) is 58.1 Å². The van der Waals surface area contributed by atoms with E-state index in [9.17, 15) is 27.2 Å². The third-order valence-electron chi connectivity index (χ3n) is 7.85. The molecule has 3 aromatic carbocycles. The molecule has 2 heterocycles. The van der Waals surface area contributed by atoms with E-state index in [1.165, 1.54) is 24.3 Å². The Morgan fingerprint density at radius 3 is 2.33 bits per heavy atom. The number of benzene rings is 3. The Morgan fingerprint density at radius 1 is 1.00 bits per heavy atom. The summed E-state index contributed by atoms with van der Waals surface area (Å²) in [6, 6.07) is 10.7. The van der Waals surface area contributed by atoms with Gasteiger partial charge in [-0.3, -0.25) is 9.69 Å². The number of likely N-dealkylation sites (tertiary alicyclic amines) is 1. The summed E-state index contributed by atoms with van der Waals surface area (Å²) in [6.45, 7) is 8.78. The van der Waals surface area contributed by atoms with Crippen LogP contribution in [-0.4, -0.2) is 24.0 Å². The average molecular weight is 598 g/mol. The number of hydrogen-bond donors (Lipinski definition) is 0. The summed E-state index contributed by atoms with van der Waals surface area (Å²) < 4.78 is 73.7. The number of hydrogen-bond acceptors (Lipinski definition) is 6. The van der Waals surface area contributed by atoms with Gasteiger partial charge in [-0.2, -0.15) is 13.2 Å². The van der Waals surface area contributed by atoms with E-state index in [2.05, 4.69) is 6.92 Å². The fraction of sp³-hybridized carbons (Fsp3) is 0.333. The smallest absolute Gasteiger partial charge is 0.449 e. The molecule has 6 nitrogen and oxygen atoms in total. The fourth-order valence-corrected chi connectivity index (χ4v) is 5.21. The van der Waals surface area contributed by atoms with E-state index in [1.807, 2.05) is 11.0 Å². The Bertz CT molecular complexity index is 1740. The molecule has 0 spiro atoms. The van der Waals surface area contributed by atoms with E-state index in [4.69, 9.17) is 13.9 Å². The van der Waals surface area contributed by atoms with Crippen molar-refractivity contribution < 1.29 is 36.2 Å². The number of carbonyl (C=O) groups is 1. The molecule has 43 heavy (non-hydrogen) atoms. The number of ether oxygens (including phenoxy) is 2. The molecular formula is C33H31F4NO5. The first-order chi connectivity index (χ1) is 20.3.